The van der Waals surface area contributed by atoms with Gasteiger partial charge in [-0.2, -0.15) is 9.61 Å². The number of carbonyl (C=O) groups is 1. The molecule has 0 unspecified atom stereocenters. The Morgan fingerprint density at radius 3 is 2.69 bits per heavy atom. The van der Waals surface area contributed by atoms with Crippen LogP contribution in [0.2, 0.25) is 0 Å². The molecule has 0 aromatic carbocycles. The van der Waals surface area contributed by atoms with Crippen molar-refractivity contribution in [2.75, 3.05) is 37.8 Å². The van der Waals surface area contributed by atoms with Gasteiger partial charge in [0.1, 0.15) is 22.9 Å². The van der Waals surface area contributed by atoms with Crippen LogP contribution in [0, 0.1) is 0 Å². The van der Waals surface area contributed by atoms with Crippen molar-refractivity contribution in [3.8, 4) is 0 Å². The van der Waals surface area contributed by atoms with Gasteiger partial charge in [0, 0.05) is 31.4 Å². The van der Waals surface area contributed by atoms with Gasteiger partial charge in [-0.15, -0.1) is 0 Å². The third kappa shape index (κ3) is 3.93. The molecule has 5 rings (SSSR count). The SMILES string of the molecule is CNc1cc(Nc2cccn(C3CCN(C)CC3)c2=O)nc2c(C(=O)NC3CC3)cnn12. The summed E-state index contributed by atoms with van der Waals surface area (Å²) in [6, 6.07) is 5.85. The minimum absolute atomic E-state index is 0.0741. The number of likely N-dealkylation sites (tertiary alicyclic amines) is 1. The first-order valence-electron chi connectivity index (χ1n) is 11.1. The highest BCUT2D eigenvalue weighted by atomic mass is 16.2. The van der Waals surface area contributed by atoms with E-state index >= 15 is 0 Å². The van der Waals surface area contributed by atoms with Crippen LogP contribution in [0.15, 0.2) is 35.4 Å². The van der Waals surface area contributed by atoms with Crippen LogP contribution in [0.1, 0.15) is 42.1 Å². The molecule has 0 radical (unpaired) electrons. The summed E-state index contributed by atoms with van der Waals surface area (Å²) in [7, 11) is 3.88. The molecule has 4 heterocycles. The second-order valence-corrected chi connectivity index (χ2v) is 8.61. The number of anilines is 3. The van der Waals surface area contributed by atoms with Crippen molar-refractivity contribution in [1.29, 1.82) is 0 Å². The Bertz CT molecular complexity index is 1200. The molecule has 0 spiro atoms. The Kier molecular flexibility index (Phi) is 5.30. The maximum Gasteiger partial charge on any atom is 0.274 e. The standard InChI is InChI=1S/C22H28N8O2/c1-23-19-12-18(27-20-16(13-24-30(19)20)21(31)25-14-5-6-14)26-17-4-3-9-29(22(17)32)15-7-10-28(2)11-8-15/h3-4,9,12-15,23H,5-8,10-11H2,1-2H3,(H,25,31)(H,26,27). The molecule has 1 amide bonds. The van der Waals surface area contributed by atoms with E-state index in [4.69, 9.17) is 0 Å². The van der Waals surface area contributed by atoms with E-state index in [2.05, 4.69) is 38.0 Å². The summed E-state index contributed by atoms with van der Waals surface area (Å²) in [6.07, 6.45) is 7.29. The van der Waals surface area contributed by atoms with E-state index in [1.807, 2.05) is 16.8 Å². The number of nitrogens with zero attached hydrogens (tertiary/aromatic N) is 5. The summed E-state index contributed by atoms with van der Waals surface area (Å²) in [5.74, 6) is 0.953. The predicted octanol–water partition coefficient (Wildman–Crippen LogP) is 1.84. The van der Waals surface area contributed by atoms with Crippen LogP contribution in [0.25, 0.3) is 5.65 Å². The normalized spacial score (nSPS) is 17.4. The van der Waals surface area contributed by atoms with Gasteiger partial charge >= 0.3 is 0 Å². The molecule has 0 atom stereocenters. The lowest BCUT2D eigenvalue weighted by Crippen LogP contribution is -2.35. The number of amides is 1. The van der Waals surface area contributed by atoms with Crippen molar-refractivity contribution in [3.63, 3.8) is 0 Å². The molecule has 2 aliphatic rings. The number of piperidine rings is 1. The van der Waals surface area contributed by atoms with Gasteiger partial charge in [0.05, 0.1) is 6.20 Å². The smallest absolute Gasteiger partial charge is 0.274 e. The second kappa shape index (κ2) is 8.27. The Hall–Kier alpha value is -3.40. The Morgan fingerprint density at radius 1 is 1.19 bits per heavy atom. The largest absolute Gasteiger partial charge is 0.373 e. The number of rotatable bonds is 6. The van der Waals surface area contributed by atoms with Crippen LogP contribution in [-0.4, -0.2) is 63.2 Å². The minimum atomic E-state index is -0.182. The summed E-state index contributed by atoms with van der Waals surface area (Å²) in [4.78, 5) is 32.7. The third-order valence-corrected chi connectivity index (χ3v) is 6.20. The molecule has 2 fully saturated rings. The van der Waals surface area contributed by atoms with Gasteiger partial charge in [0.15, 0.2) is 5.65 Å². The van der Waals surface area contributed by atoms with Crippen LogP contribution in [-0.2, 0) is 0 Å². The Morgan fingerprint density at radius 2 is 1.97 bits per heavy atom. The van der Waals surface area contributed by atoms with Crippen molar-refractivity contribution in [2.24, 2.45) is 0 Å². The second-order valence-electron chi connectivity index (χ2n) is 8.61. The highest BCUT2D eigenvalue weighted by Crippen LogP contribution is 2.24. The van der Waals surface area contributed by atoms with Crippen molar-refractivity contribution in [3.05, 3.63) is 46.5 Å². The fourth-order valence-corrected chi connectivity index (χ4v) is 4.16. The average molecular weight is 437 g/mol. The van der Waals surface area contributed by atoms with Crippen LogP contribution < -0.4 is 21.5 Å². The van der Waals surface area contributed by atoms with Crippen molar-refractivity contribution < 1.29 is 4.79 Å². The monoisotopic (exact) mass is 436 g/mol. The molecule has 3 aromatic rings. The first kappa shape index (κ1) is 20.5. The van der Waals surface area contributed by atoms with E-state index in [-0.39, 0.29) is 23.6 Å². The van der Waals surface area contributed by atoms with Crippen LogP contribution in [0.4, 0.5) is 17.3 Å². The van der Waals surface area contributed by atoms with Crippen molar-refractivity contribution in [1.82, 2.24) is 29.4 Å². The van der Waals surface area contributed by atoms with Crippen LogP contribution in [0.3, 0.4) is 0 Å². The molecule has 10 heteroatoms. The highest BCUT2D eigenvalue weighted by molar-refractivity contribution is 6.00. The van der Waals surface area contributed by atoms with Gasteiger partial charge in [-0.05, 0) is 58.0 Å². The van der Waals surface area contributed by atoms with Gasteiger partial charge in [-0.1, -0.05) is 0 Å². The van der Waals surface area contributed by atoms with Crippen molar-refractivity contribution in [2.45, 2.75) is 37.8 Å². The van der Waals surface area contributed by atoms with Gasteiger partial charge in [-0.3, -0.25) is 9.59 Å². The minimum Gasteiger partial charge on any atom is -0.373 e. The molecular weight excluding hydrogens is 408 g/mol. The number of pyridine rings is 1. The Balaban J connectivity index is 1.47. The third-order valence-electron chi connectivity index (χ3n) is 6.20. The molecule has 3 aromatic heterocycles. The molecule has 1 saturated heterocycles. The number of nitrogens with one attached hydrogen (secondary N) is 3. The topological polar surface area (TPSA) is 109 Å². The molecular formula is C22H28N8O2. The summed E-state index contributed by atoms with van der Waals surface area (Å²) in [5, 5.41) is 13.6. The van der Waals surface area contributed by atoms with E-state index < -0.39 is 0 Å². The van der Waals surface area contributed by atoms with Crippen LogP contribution >= 0.6 is 0 Å². The zero-order valence-corrected chi connectivity index (χ0v) is 18.3. The number of aromatic nitrogens is 4. The maximum atomic E-state index is 13.2. The lowest BCUT2D eigenvalue weighted by Gasteiger charge is -2.30. The average Bonchev–Trinajstić information content (AvgIpc) is 3.50. The van der Waals surface area contributed by atoms with Gasteiger partial charge in [0.2, 0.25) is 0 Å². The molecule has 1 saturated carbocycles. The molecule has 3 N–H and O–H groups in total. The van der Waals surface area contributed by atoms with E-state index in [0.29, 0.717) is 28.5 Å². The summed E-state index contributed by atoms with van der Waals surface area (Å²) in [6.45, 7) is 1.96. The molecule has 32 heavy (non-hydrogen) atoms. The predicted molar refractivity (Wildman–Crippen MR) is 123 cm³/mol. The van der Waals surface area contributed by atoms with E-state index in [1.165, 1.54) is 6.20 Å². The van der Waals surface area contributed by atoms with E-state index in [0.717, 1.165) is 38.8 Å². The highest BCUT2D eigenvalue weighted by Gasteiger charge is 2.26. The van der Waals surface area contributed by atoms with Gasteiger partial charge in [-0.25, -0.2) is 4.98 Å². The van der Waals surface area contributed by atoms with Crippen molar-refractivity contribution >= 4 is 28.9 Å². The summed E-state index contributed by atoms with van der Waals surface area (Å²) in [5.41, 5.74) is 1.22. The summed E-state index contributed by atoms with van der Waals surface area (Å²) < 4.78 is 3.41. The lowest BCUT2D eigenvalue weighted by atomic mass is 10.1. The van der Waals surface area contributed by atoms with E-state index in [1.54, 1.807) is 23.7 Å². The zero-order valence-electron chi connectivity index (χ0n) is 18.3. The van der Waals surface area contributed by atoms with Gasteiger partial charge < -0.3 is 25.4 Å². The fourth-order valence-electron chi connectivity index (χ4n) is 4.16. The number of fused-ring (bicyclic) bond motifs is 1. The van der Waals surface area contributed by atoms with E-state index in [9.17, 15) is 9.59 Å². The summed E-state index contributed by atoms with van der Waals surface area (Å²) >= 11 is 0. The number of hydrogen-bond donors (Lipinski definition) is 3. The van der Waals surface area contributed by atoms with Gasteiger partial charge in [0.25, 0.3) is 11.5 Å². The molecule has 1 aliphatic heterocycles. The fraction of sp³-hybridized carbons (Fsp3) is 0.455. The first-order valence-corrected chi connectivity index (χ1v) is 11.1. The lowest BCUT2D eigenvalue weighted by molar-refractivity contribution is 0.0952. The molecule has 1 aliphatic carbocycles. The molecule has 0 bridgehead atoms. The molecule has 168 valence electrons. The Labute approximate surface area is 185 Å². The zero-order chi connectivity index (χ0) is 22.2. The quantitative estimate of drug-likeness (QED) is 0.541. The number of carbonyl (C=O) groups excluding carboxylic acids is 1. The first-order chi connectivity index (χ1) is 15.5. The molecule has 10 nitrogen and oxygen atoms in total. The number of hydrogen-bond acceptors (Lipinski definition) is 7. The maximum absolute atomic E-state index is 13.2. The van der Waals surface area contributed by atoms with Crippen LogP contribution in [0.5, 0.6) is 0 Å².